The van der Waals surface area contributed by atoms with Crippen molar-refractivity contribution < 1.29 is 14.3 Å². The molecular formula is C24H24N6O3. The number of aryl methyl sites for hydroxylation is 1. The number of benzene rings is 1. The molecule has 0 bridgehead atoms. The van der Waals surface area contributed by atoms with Crippen LogP contribution in [0.4, 0.5) is 11.4 Å². The summed E-state index contributed by atoms with van der Waals surface area (Å²) >= 11 is 0. The number of β-amino-alcohol motifs (C(OH)–C–C–N with tert-alkyl or cyclic N) is 1. The predicted molar refractivity (Wildman–Crippen MR) is 123 cm³/mol. The van der Waals surface area contributed by atoms with E-state index in [1.54, 1.807) is 17.1 Å². The van der Waals surface area contributed by atoms with Crippen molar-refractivity contribution in [1.82, 2.24) is 19.7 Å². The molecule has 9 nitrogen and oxygen atoms in total. The molecule has 1 aromatic carbocycles. The molecule has 0 spiro atoms. The van der Waals surface area contributed by atoms with E-state index in [1.165, 1.54) is 6.26 Å². The predicted octanol–water partition coefficient (Wildman–Crippen LogP) is 3.32. The van der Waals surface area contributed by atoms with Gasteiger partial charge in [0.2, 0.25) is 5.89 Å². The number of hydrogen-bond acceptors (Lipinski definition) is 7. The summed E-state index contributed by atoms with van der Waals surface area (Å²) < 4.78 is 7.39. The zero-order chi connectivity index (χ0) is 22.5. The van der Waals surface area contributed by atoms with E-state index in [1.807, 2.05) is 31.3 Å². The molecule has 1 aliphatic carbocycles. The molecule has 4 aromatic rings. The molecule has 33 heavy (non-hydrogen) atoms. The summed E-state index contributed by atoms with van der Waals surface area (Å²) in [5.74, 6) is 0.561. The normalized spacial score (nSPS) is 18.2. The van der Waals surface area contributed by atoms with Crippen LogP contribution in [0.1, 0.15) is 41.4 Å². The number of nitrogens with one attached hydrogen (secondary N) is 1. The Morgan fingerprint density at radius 3 is 2.91 bits per heavy atom. The lowest BCUT2D eigenvalue weighted by molar-refractivity contribution is 0.102. The number of carbonyl (C=O) groups excluding carboxylic acids is 1. The molecule has 2 aliphatic rings. The van der Waals surface area contributed by atoms with E-state index in [2.05, 4.69) is 25.3 Å². The lowest BCUT2D eigenvalue weighted by Crippen LogP contribution is -2.23. The van der Waals surface area contributed by atoms with E-state index in [0.717, 1.165) is 47.2 Å². The molecule has 3 aromatic heterocycles. The molecule has 9 heteroatoms. The third-order valence-electron chi connectivity index (χ3n) is 6.38. The van der Waals surface area contributed by atoms with Gasteiger partial charge < -0.3 is 19.7 Å². The van der Waals surface area contributed by atoms with Gasteiger partial charge in [0, 0.05) is 48.9 Å². The number of amides is 1. The van der Waals surface area contributed by atoms with Crippen LogP contribution in [0.5, 0.6) is 0 Å². The number of anilines is 2. The van der Waals surface area contributed by atoms with E-state index in [4.69, 9.17) is 4.42 Å². The highest BCUT2D eigenvalue weighted by molar-refractivity contribution is 6.06. The zero-order valence-corrected chi connectivity index (χ0v) is 18.2. The number of hydrogen-bond donors (Lipinski definition) is 2. The van der Waals surface area contributed by atoms with Crippen molar-refractivity contribution in [3.05, 3.63) is 54.3 Å². The summed E-state index contributed by atoms with van der Waals surface area (Å²) in [6, 6.07) is 7.73. The Bertz CT molecular complexity index is 1360. The van der Waals surface area contributed by atoms with Gasteiger partial charge in [0.05, 0.1) is 29.2 Å². The number of aliphatic hydroxyl groups is 1. The fourth-order valence-electron chi connectivity index (χ4n) is 4.39. The standard InChI is InChI=1S/C24H24N6O3/c1-29-21-10-19(22(9-16(21)11-26-29)30-7-5-17(31)12-30)27-23(32)20-13-33-24(28-20)15-4-6-25-18(8-15)14-2-3-14/h4,6,8-11,13-14,17,31H,2-3,5,7,12H2,1H3,(H,27,32). The minimum Gasteiger partial charge on any atom is -0.444 e. The van der Waals surface area contributed by atoms with Gasteiger partial charge in [-0.3, -0.25) is 14.5 Å². The molecule has 1 saturated carbocycles. The van der Waals surface area contributed by atoms with Crippen LogP contribution in [0, 0.1) is 0 Å². The van der Waals surface area contributed by atoms with Gasteiger partial charge in [0.1, 0.15) is 6.26 Å². The fraction of sp³-hybridized carbons (Fsp3) is 0.333. The van der Waals surface area contributed by atoms with Crippen LogP contribution in [0.15, 0.2) is 47.3 Å². The van der Waals surface area contributed by atoms with Crippen molar-refractivity contribution in [2.75, 3.05) is 23.3 Å². The Morgan fingerprint density at radius 2 is 2.12 bits per heavy atom. The highest BCUT2D eigenvalue weighted by Crippen LogP contribution is 2.40. The van der Waals surface area contributed by atoms with Crippen LogP contribution in [-0.2, 0) is 7.05 Å². The number of aromatic nitrogens is 4. The first-order chi connectivity index (χ1) is 16.0. The van der Waals surface area contributed by atoms with E-state index >= 15 is 0 Å². The van der Waals surface area contributed by atoms with Gasteiger partial charge in [0.15, 0.2) is 5.69 Å². The van der Waals surface area contributed by atoms with E-state index in [0.29, 0.717) is 30.5 Å². The molecular weight excluding hydrogens is 420 g/mol. The van der Waals surface area contributed by atoms with Crippen LogP contribution in [-0.4, -0.2) is 50.0 Å². The minimum atomic E-state index is -0.378. The highest BCUT2D eigenvalue weighted by Gasteiger charge is 2.26. The molecule has 1 atom stereocenters. The number of carbonyl (C=O) groups is 1. The molecule has 6 rings (SSSR count). The SMILES string of the molecule is Cn1ncc2cc(N3CCC(O)C3)c(NC(=O)c3coc(-c4ccnc(C5CC5)c4)n3)cc21. The fourth-order valence-corrected chi connectivity index (χ4v) is 4.39. The molecule has 168 valence electrons. The minimum absolute atomic E-state index is 0.201. The van der Waals surface area contributed by atoms with Crippen LogP contribution in [0.3, 0.4) is 0 Å². The maximum Gasteiger partial charge on any atom is 0.277 e. The Balaban J connectivity index is 1.30. The summed E-state index contributed by atoms with van der Waals surface area (Å²) in [5, 5.41) is 18.3. The summed E-state index contributed by atoms with van der Waals surface area (Å²) in [6.07, 6.45) is 7.57. The molecule has 0 radical (unpaired) electrons. The maximum absolute atomic E-state index is 13.1. The lowest BCUT2D eigenvalue weighted by Gasteiger charge is -2.22. The number of aliphatic hydroxyl groups excluding tert-OH is 1. The third-order valence-corrected chi connectivity index (χ3v) is 6.38. The number of pyridine rings is 1. The van der Waals surface area contributed by atoms with Crippen LogP contribution in [0.2, 0.25) is 0 Å². The van der Waals surface area contributed by atoms with Crippen molar-refractivity contribution in [1.29, 1.82) is 0 Å². The maximum atomic E-state index is 13.1. The molecule has 1 amide bonds. The van der Waals surface area contributed by atoms with Crippen molar-refractivity contribution in [3.63, 3.8) is 0 Å². The Hall–Kier alpha value is -3.72. The van der Waals surface area contributed by atoms with Crippen molar-refractivity contribution in [2.24, 2.45) is 7.05 Å². The van der Waals surface area contributed by atoms with Gasteiger partial charge >= 0.3 is 0 Å². The largest absolute Gasteiger partial charge is 0.444 e. The van der Waals surface area contributed by atoms with Gasteiger partial charge in [-0.1, -0.05) is 0 Å². The van der Waals surface area contributed by atoms with E-state index < -0.39 is 0 Å². The summed E-state index contributed by atoms with van der Waals surface area (Å²) in [5.41, 5.74) is 4.46. The second-order valence-electron chi connectivity index (χ2n) is 8.82. The monoisotopic (exact) mass is 444 g/mol. The van der Waals surface area contributed by atoms with E-state index in [-0.39, 0.29) is 17.7 Å². The van der Waals surface area contributed by atoms with Crippen LogP contribution >= 0.6 is 0 Å². The van der Waals surface area contributed by atoms with Gasteiger partial charge in [-0.15, -0.1) is 0 Å². The third kappa shape index (κ3) is 3.74. The Labute approximate surface area is 190 Å². The number of fused-ring (bicyclic) bond motifs is 1. The lowest BCUT2D eigenvalue weighted by atomic mass is 10.1. The van der Waals surface area contributed by atoms with Gasteiger partial charge in [-0.2, -0.15) is 5.10 Å². The van der Waals surface area contributed by atoms with Gasteiger partial charge in [0.25, 0.3) is 5.91 Å². The highest BCUT2D eigenvalue weighted by atomic mass is 16.3. The Kier molecular flexibility index (Phi) is 4.65. The first-order valence-electron chi connectivity index (χ1n) is 11.2. The number of oxazole rings is 1. The van der Waals surface area contributed by atoms with Gasteiger partial charge in [-0.05, 0) is 43.5 Å². The number of rotatable bonds is 5. The summed E-state index contributed by atoms with van der Waals surface area (Å²) in [7, 11) is 1.86. The number of nitrogens with zero attached hydrogens (tertiary/aromatic N) is 5. The first-order valence-corrected chi connectivity index (χ1v) is 11.2. The Morgan fingerprint density at radius 1 is 1.24 bits per heavy atom. The molecule has 2 N–H and O–H groups in total. The smallest absolute Gasteiger partial charge is 0.277 e. The second-order valence-corrected chi connectivity index (χ2v) is 8.82. The second kappa shape index (κ2) is 7.70. The zero-order valence-electron chi connectivity index (χ0n) is 18.2. The van der Waals surface area contributed by atoms with Crippen LogP contribution in [0.25, 0.3) is 22.4 Å². The van der Waals surface area contributed by atoms with Crippen molar-refractivity contribution in [3.8, 4) is 11.5 Å². The summed E-state index contributed by atoms with van der Waals surface area (Å²) in [6.45, 7) is 1.24. The van der Waals surface area contributed by atoms with Crippen molar-refractivity contribution in [2.45, 2.75) is 31.3 Å². The quantitative estimate of drug-likeness (QED) is 0.486. The molecule has 1 unspecified atom stereocenters. The molecule has 1 aliphatic heterocycles. The molecule has 2 fully saturated rings. The topological polar surface area (TPSA) is 109 Å². The average Bonchev–Trinajstić information content (AvgIpc) is 3.21. The van der Waals surface area contributed by atoms with Crippen LogP contribution < -0.4 is 10.2 Å². The van der Waals surface area contributed by atoms with E-state index in [9.17, 15) is 9.90 Å². The first kappa shape index (κ1) is 19.9. The van der Waals surface area contributed by atoms with Crippen molar-refractivity contribution >= 4 is 28.2 Å². The van der Waals surface area contributed by atoms with Gasteiger partial charge in [-0.25, -0.2) is 4.98 Å². The molecule has 1 saturated heterocycles. The summed E-state index contributed by atoms with van der Waals surface area (Å²) in [4.78, 5) is 24.0. The molecule has 4 heterocycles. The average molecular weight is 444 g/mol.